The van der Waals surface area contributed by atoms with Crippen molar-refractivity contribution in [1.29, 1.82) is 0 Å². The molecule has 172 valence electrons. The van der Waals surface area contributed by atoms with Crippen LogP contribution >= 0.6 is 0 Å². The molecule has 0 spiro atoms. The molecule has 2 aromatic carbocycles. The maximum Gasteiger partial charge on any atom is 0.407 e. The lowest BCUT2D eigenvalue weighted by Gasteiger charge is -2.19. The Balaban J connectivity index is 1.28. The summed E-state index contributed by atoms with van der Waals surface area (Å²) >= 11 is 0. The summed E-state index contributed by atoms with van der Waals surface area (Å²) in [4.78, 5) is 36.0. The number of hydrogen-bond donors (Lipinski definition) is 3. The van der Waals surface area contributed by atoms with Crippen LogP contribution in [0.25, 0.3) is 11.1 Å². The van der Waals surface area contributed by atoms with Gasteiger partial charge in [0.2, 0.25) is 5.91 Å². The van der Waals surface area contributed by atoms with Crippen molar-refractivity contribution in [2.75, 3.05) is 13.2 Å². The van der Waals surface area contributed by atoms with Gasteiger partial charge in [0.1, 0.15) is 6.61 Å². The number of amides is 2. The number of alkyl carbamates (subject to hydrolysis) is 1. The van der Waals surface area contributed by atoms with Crippen LogP contribution in [0, 0.1) is 11.8 Å². The molecule has 3 atom stereocenters. The van der Waals surface area contributed by atoms with Crippen LogP contribution in [-0.4, -0.2) is 42.3 Å². The third kappa shape index (κ3) is 4.92. The molecule has 3 N–H and O–H groups in total. The number of rotatable bonds is 8. The fourth-order valence-corrected chi connectivity index (χ4v) is 4.57. The predicted molar refractivity (Wildman–Crippen MR) is 124 cm³/mol. The molecule has 7 heteroatoms. The maximum atomic E-state index is 12.6. The number of hydrogen-bond acceptors (Lipinski definition) is 4. The van der Waals surface area contributed by atoms with E-state index in [1.54, 1.807) is 12.2 Å². The average molecular weight is 449 g/mol. The van der Waals surface area contributed by atoms with E-state index in [0.29, 0.717) is 12.8 Å². The van der Waals surface area contributed by atoms with Crippen LogP contribution in [0.3, 0.4) is 0 Å². The standard InChI is InChI=1S/C26H28N2O5/c1-2-16(24(29)28-18-12-11-17(13-18)25(30)31)14-27-26(32)33-15-23-21-9-5-3-7-19(21)20-8-4-6-10-22(20)23/h3-12,16-18,23H,2,13-15H2,1H3,(H,27,32)(H,28,29)(H,30,31). The van der Waals surface area contributed by atoms with Gasteiger partial charge in [-0.15, -0.1) is 0 Å². The normalized spacial score (nSPS) is 19.4. The smallest absolute Gasteiger partial charge is 0.407 e. The van der Waals surface area contributed by atoms with Crippen molar-refractivity contribution < 1.29 is 24.2 Å². The number of ether oxygens (including phenoxy) is 1. The van der Waals surface area contributed by atoms with Gasteiger partial charge in [-0.3, -0.25) is 9.59 Å². The van der Waals surface area contributed by atoms with Crippen LogP contribution in [0.15, 0.2) is 60.7 Å². The summed E-state index contributed by atoms with van der Waals surface area (Å²) in [5.74, 6) is -2.13. The first kappa shape index (κ1) is 22.6. The Hall–Kier alpha value is -3.61. The molecular formula is C26H28N2O5. The van der Waals surface area contributed by atoms with Crippen LogP contribution in [0.2, 0.25) is 0 Å². The first-order valence-electron chi connectivity index (χ1n) is 11.3. The molecule has 0 saturated heterocycles. The zero-order valence-corrected chi connectivity index (χ0v) is 18.5. The van der Waals surface area contributed by atoms with Gasteiger partial charge in [-0.05, 0) is 35.1 Å². The highest BCUT2D eigenvalue weighted by Gasteiger charge is 2.30. The summed E-state index contributed by atoms with van der Waals surface area (Å²) in [6.45, 7) is 2.23. The number of nitrogens with one attached hydrogen (secondary N) is 2. The third-order valence-electron chi connectivity index (χ3n) is 6.43. The monoisotopic (exact) mass is 448 g/mol. The number of carbonyl (C=O) groups is 3. The zero-order chi connectivity index (χ0) is 23.4. The van der Waals surface area contributed by atoms with Crippen LogP contribution in [0.5, 0.6) is 0 Å². The van der Waals surface area contributed by atoms with Crippen molar-refractivity contribution in [2.45, 2.75) is 31.7 Å². The van der Waals surface area contributed by atoms with Crippen LogP contribution in [-0.2, 0) is 14.3 Å². The minimum Gasteiger partial charge on any atom is -0.481 e. The van der Waals surface area contributed by atoms with Crippen molar-refractivity contribution >= 4 is 18.0 Å². The van der Waals surface area contributed by atoms with Gasteiger partial charge >= 0.3 is 12.1 Å². The van der Waals surface area contributed by atoms with E-state index in [1.165, 1.54) is 0 Å². The molecule has 2 aliphatic rings. The number of aliphatic carboxylic acids is 1. The summed E-state index contributed by atoms with van der Waals surface area (Å²) in [5, 5.41) is 14.6. The number of carboxylic acid groups (broad SMARTS) is 1. The Morgan fingerprint density at radius 3 is 2.24 bits per heavy atom. The van der Waals surface area contributed by atoms with E-state index >= 15 is 0 Å². The molecule has 33 heavy (non-hydrogen) atoms. The van der Waals surface area contributed by atoms with E-state index in [0.717, 1.165) is 22.3 Å². The molecule has 2 aliphatic carbocycles. The number of benzene rings is 2. The van der Waals surface area contributed by atoms with Crippen molar-refractivity contribution in [3.05, 3.63) is 71.8 Å². The summed E-state index contributed by atoms with van der Waals surface area (Å²) in [7, 11) is 0. The minimum atomic E-state index is -0.896. The van der Waals surface area contributed by atoms with Gasteiger partial charge in [-0.1, -0.05) is 67.6 Å². The summed E-state index contributed by atoms with van der Waals surface area (Å²) in [6.07, 6.45) is 3.63. The Kier molecular flexibility index (Phi) is 6.77. The first-order chi connectivity index (χ1) is 16.0. The number of carbonyl (C=O) groups excluding carboxylic acids is 2. The Bertz CT molecular complexity index is 1030. The second-order valence-electron chi connectivity index (χ2n) is 8.49. The van der Waals surface area contributed by atoms with Crippen molar-refractivity contribution in [3.8, 4) is 11.1 Å². The SMILES string of the molecule is CCC(CNC(=O)OCC1c2ccccc2-c2ccccc21)C(=O)NC1C=CC(C(=O)O)C1. The molecule has 0 heterocycles. The molecule has 0 aromatic heterocycles. The van der Waals surface area contributed by atoms with Crippen LogP contribution in [0.4, 0.5) is 4.79 Å². The van der Waals surface area contributed by atoms with E-state index in [9.17, 15) is 14.4 Å². The lowest BCUT2D eigenvalue weighted by Crippen LogP contribution is -2.42. The van der Waals surface area contributed by atoms with Gasteiger partial charge in [0.15, 0.2) is 0 Å². The lowest BCUT2D eigenvalue weighted by atomic mass is 9.98. The highest BCUT2D eigenvalue weighted by Crippen LogP contribution is 2.44. The highest BCUT2D eigenvalue weighted by molar-refractivity contribution is 5.81. The molecule has 0 radical (unpaired) electrons. The highest BCUT2D eigenvalue weighted by atomic mass is 16.5. The van der Waals surface area contributed by atoms with Gasteiger partial charge in [-0.2, -0.15) is 0 Å². The topological polar surface area (TPSA) is 105 Å². The van der Waals surface area contributed by atoms with Crippen molar-refractivity contribution in [2.24, 2.45) is 11.8 Å². The third-order valence-corrected chi connectivity index (χ3v) is 6.43. The van der Waals surface area contributed by atoms with Crippen LogP contribution in [0.1, 0.15) is 36.8 Å². The molecular weight excluding hydrogens is 420 g/mol. The molecule has 2 amide bonds. The molecule has 3 unspecified atom stereocenters. The number of carboxylic acids is 1. The first-order valence-corrected chi connectivity index (χ1v) is 11.3. The number of fused-ring (bicyclic) bond motifs is 3. The van der Waals surface area contributed by atoms with E-state index in [2.05, 4.69) is 34.9 Å². The Morgan fingerprint density at radius 1 is 1.03 bits per heavy atom. The molecule has 0 aliphatic heterocycles. The minimum absolute atomic E-state index is 0.0234. The molecule has 0 saturated carbocycles. The van der Waals surface area contributed by atoms with Gasteiger partial charge in [0.25, 0.3) is 0 Å². The maximum absolute atomic E-state index is 12.6. The Labute approximate surface area is 192 Å². The quantitative estimate of drug-likeness (QED) is 0.534. The summed E-state index contributed by atoms with van der Waals surface area (Å²) < 4.78 is 5.53. The van der Waals surface area contributed by atoms with E-state index in [1.807, 2.05) is 31.2 Å². The average Bonchev–Trinajstić information content (AvgIpc) is 3.41. The fourth-order valence-electron chi connectivity index (χ4n) is 4.57. The van der Waals surface area contributed by atoms with Gasteiger partial charge in [0.05, 0.1) is 11.8 Å². The van der Waals surface area contributed by atoms with E-state index < -0.39 is 23.9 Å². The van der Waals surface area contributed by atoms with Gasteiger partial charge in [0, 0.05) is 18.5 Å². The van der Waals surface area contributed by atoms with Crippen LogP contribution < -0.4 is 10.6 Å². The second kappa shape index (κ2) is 9.90. The lowest BCUT2D eigenvalue weighted by molar-refractivity contribution is -0.140. The largest absolute Gasteiger partial charge is 0.481 e. The fraction of sp³-hybridized carbons (Fsp3) is 0.346. The summed E-state index contributed by atoms with van der Waals surface area (Å²) in [5.41, 5.74) is 4.61. The molecule has 2 aromatic rings. The van der Waals surface area contributed by atoms with Gasteiger partial charge < -0.3 is 20.5 Å². The summed E-state index contributed by atoms with van der Waals surface area (Å²) in [6, 6.07) is 16.0. The zero-order valence-electron chi connectivity index (χ0n) is 18.5. The van der Waals surface area contributed by atoms with Crippen molar-refractivity contribution in [1.82, 2.24) is 10.6 Å². The molecule has 7 nitrogen and oxygen atoms in total. The molecule has 0 fully saturated rings. The predicted octanol–water partition coefficient (Wildman–Crippen LogP) is 3.70. The van der Waals surface area contributed by atoms with E-state index in [4.69, 9.17) is 9.84 Å². The molecule has 0 bridgehead atoms. The molecule has 4 rings (SSSR count). The van der Waals surface area contributed by atoms with E-state index in [-0.39, 0.29) is 31.0 Å². The van der Waals surface area contributed by atoms with Gasteiger partial charge in [-0.25, -0.2) is 4.79 Å². The Morgan fingerprint density at radius 2 is 1.67 bits per heavy atom. The van der Waals surface area contributed by atoms with Crippen molar-refractivity contribution in [3.63, 3.8) is 0 Å². The second-order valence-corrected chi connectivity index (χ2v) is 8.49.